The molecule has 1 rings (SSSR count). The molecule has 0 aliphatic rings. The minimum Gasteiger partial charge on any atom is -0.319 e. The molecule has 70 valence electrons. The molecule has 0 unspecified atom stereocenters. The zero-order chi connectivity index (χ0) is 9.52. The Morgan fingerprint density at radius 1 is 1.38 bits per heavy atom. The van der Waals surface area contributed by atoms with E-state index in [1.165, 1.54) is 5.56 Å². The topological polar surface area (TPSA) is 12.0 Å². The summed E-state index contributed by atoms with van der Waals surface area (Å²) in [6.45, 7) is 1.03. The smallest absolute Gasteiger partial charge is 0.0247 e. The normalized spacial score (nSPS) is 10.9. The van der Waals surface area contributed by atoms with Crippen molar-refractivity contribution in [3.63, 3.8) is 0 Å². The largest absolute Gasteiger partial charge is 0.319 e. The molecular formula is C11H14BrN. The maximum atomic E-state index is 3.50. The van der Waals surface area contributed by atoms with Gasteiger partial charge >= 0.3 is 0 Å². The molecule has 0 fully saturated rings. The van der Waals surface area contributed by atoms with Gasteiger partial charge in [-0.1, -0.05) is 46.3 Å². The van der Waals surface area contributed by atoms with Crippen LogP contribution >= 0.6 is 15.9 Å². The standard InChI is InChI=1S/C11H14BrN/c1-13-9-5-4-7-10-6-2-3-8-11(10)12/h2-4,6-8,13H,5,9H2,1H3. The summed E-state index contributed by atoms with van der Waals surface area (Å²) in [7, 11) is 1.96. The Bertz CT molecular complexity index is 281. The van der Waals surface area contributed by atoms with E-state index in [0.717, 1.165) is 17.4 Å². The molecule has 0 aliphatic heterocycles. The molecule has 1 aromatic rings. The van der Waals surface area contributed by atoms with E-state index in [-0.39, 0.29) is 0 Å². The van der Waals surface area contributed by atoms with Gasteiger partial charge in [-0.05, 0) is 31.6 Å². The van der Waals surface area contributed by atoms with Crippen LogP contribution < -0.4 is 5.32 Å². The first-order valence-electron chi connectivity index (χ1n) is 4.40. The molecule has 0 bridgehead atoms. The molecule has 1 nitrogen and oxygen atoms in total. The van der Waals surface area contributed by atoms with Crippen molar-refractivity contribution in [1.29, 1.82) is 0 Å². The van der Waals surface area contributed by atoms with Crippen molar-refractivity contribution in [2.45, 2.75) is 6.42 Å². The lowest BCUT2D eigenvalue weighted by Crippen LogP contribution is -2.05. The van der Waals surface area contributed by atoms with Crippen LogP contribution in [0.15, 0.2) is 34.8 Å². The van der Waals surface area contributed by atoms with Gasteiger partial charge in [-0.25, -0.2) is 0 Å². The van der Waals surface area contributed by atoms with Crippen molar-refractivity contribution in [3.05, 3.63) is 40.4 Å². The average Bonchev–Trinajstić information content (AvgIpc) is 2.15. The highest BCUT2D eigenvalue weighted by molar-refractivity contribution is 9.10. The summed E-state index contributed by atoms with van der Waals surface area (Å²) in [5, 5.41) is 3.11. The van der Waals surface area contributed by atoms with Gasteiger partial charge < -0.3 is 5.32 Å². The first kappa shape index (κ1) is 10.5. The minimum atomic E-state index is 1.03. The van der Waals surface area contributed by atoms with Crippen molar-refractivity contribution >= 4 is 22.0 Å². The lowest BCUT2D eigenvalue weighted by Gasteiger charge is -1.96. The molecule has 0 aromatic heterocycles. The predicted octanol–water partition coefficient (Wildman–Crippen LogP) is 3.07. The van der Waals surface area contributed by atoms with Gasteiger partial charge in [-0.3, -0.25) is 0 Å². The number of benzene rings is 1. The third kappa shape index (κ3) is 3.75. The zero-order valence-electron chi connectivity index (χ0n) is 7.76. The van der Waals surface area contributed by atoms with Crippen LogP contribution in [-0.4, -0.2) is 13.6 Å². The Labute approximate surface area is 88.0 Å². The van der Waals surface area contributed by atoms with Crippen molar-refractivity contribution in [1.82, 2.24) is 5.32 Å². The van der Waals surface area contributed by atoms with Gasteiger partial charge in [0.25, 0.3) is 0 Å². The van der Waals surface area contributed by atoms with Crippen molar-refractivity contribution in [3.8, 4) is 0 Å². The Kier molecular flexibility index (Phi) is 4.79. The summed E-state index contributed by atoms with van der Waals surface area (Å²) in [4.78, 5) is 0. The molecule has 0 heterocycles. The molecular weight excluding hydrogens is 226 g/mol. The summed E-state index contributed by atoms with van der Waals surface area (Å²) in [5.74, 6) is 0. The van der Waals surface area contributed by atoms with Crippen LogP contribution in [0.25, 0.3) is 6.08 Å². The lowest BCUT2D eigenvalue weighted by molar-refractivity contribution is 0.809. The second-order valence-corrected chi connectivity index (χ2v) is 3.67. The number of nitrogens with one attached hydrogen (secondary N) is 1. The van der Waals surface area contributed by atoms with Crippen molar-refractivity contribution in [2.24, 2.45) is 0 Å². The first-order chi connectivity index (χ1) is 6.34. The molecule has 1 N–H and O–H groups in total. The predicted molar refractivity (Wildman–Crippen MR) is 61.7 cm³/mol. The SMILES string of the molecule is CNCCC=Cc1ccccc1Br. The van der Waals surface area contributed by atoms with E-state index in [0.29, 0.717) is 0 Å². The molecule has 0 amide bonds. The average molecular weight is 240 g/mol. The van der Waals surface area contributed by atoms with E-state index >= 15 is 0 Å². The van der Waals surface area contributed by atoms with Gasteiger partial charge in [0.15, 0.2) is 0 Å². The van der Waals surface area contributed by atoms with Crippen LogP contribution in [0, 0.1) is 0 Å². The van der Waals surface area contributed by atoms with Gasteiger partial charge in [0.1, 0.15) is 0 Å². The van der Waals surface area contributed by atoms with Crippen LogP contribution in [-0.2, 0) is 0 Å². The number of rotatable bonds is 4. The molecule has 0 radical (unpaired) electrons. The highest BCUT2D eigenvalue weighted by Gasteiger charge is 1.91. The second-order valence-electron chi connectivity index (χ2n) is 2.82. The van der Waals surface area contributed by atoms with Gasteiger partial charge in [0.2, 0.25) is 0 Å². The van der Waals surface area contributed by atoms with Crippen LogP contribution in [0.4, 0.5) is 0 Å². The highest BCUT2D eigenvalue weighted by atomic mass is 79.9. The van der Waals surface area contributed by atoms with Crippen LogP contribution in [0.1, 0.15) is 12.0 Å². The molecule has 0 saturated heterocycles. The molecule has 1 aromatic carbocycles. The molecule has 2 heteroatoms. The quantitative estimate of drug-likeness (QED) is 0.797. The lowest BCUT2D eigenvalue weighted by atomic mass is 10.2. The first-order valence-corrected chi connectivity index (χ1v) is 5.19. The number of halogens is 1. The minimum absolute atomic E-state index is 1.03. The second kappa shape index (κ2) is 5.95. The van der Waals surface area contributed by atoms with Crippen LogP contribution in [0.5, 0.6) is 0 Å². The Morgan fingerprint density at radius 2 is 2.15 bits per heavy atom. The van der Waals surface area contributed by atoms with Crippen molar-refractivity contribution in [2.75, 3.05) is 13.6 Å². The summed E-state index contributed by atoms with van der Waals surface area (Å²) in [6, 6.07) is 8.22. The van der Waals surface area contributed by atoms with E-state index in [1.807, 2.05) is 19.2 Å². The third-order valence-corrected chi connectivity index (χ3v) is 2.49. The monoisotopic (exact) mass is 239 g/mol. The molecule has 0 saturated carbocycles. The number of hydrogen-bond acceptors (Lipinski definition) is 1. The summed E-state index contributed by atoms with van der Waals surface area (Å²) in [5.41, 5.74) is 1.23. The van der Waals surface area contributed by atoms with Gasteiger partial charge in [0.05, 0.1) is 0 Å². The fourth-order valence-corrected chi connectivity index (χ4v) is 1.47. The Balaban J connectivity index is 2.53. The van der Waals surface area contributed by atoms with Crippen LogP contribution in [0.2, 0.25) is 0 Å². The molecule has 13 heavy (non-hydrogen) atoms. The molecule has 0 aliphatic carbocycles. The summed E-state index contributed by atoms with van der Waals surface area (Å²) >= 11 is 3.50. The third-order valence-electron chi connectivity index (χ3n) is 1.76. The Hall–Kier alpha value is -0.600. The molecule has 0 atom stereocenters. The van der Waals surface area contributed by atoms with E-state index in [9.17, 15) is 0 Å². The summed E-state index contributed by atoms with van der Waals surface area (Å²) in [6.07, 6.45) is 5.38. The van der Waals surface area contributed by atoms with E-state index in [2.05, 4.69) is 45.5 Å². The summed E-state index contributed by atoms with van der Waals surface area (Å²) < 4.78 is 1.15. The maximum absolute atomic E-state index is 3.50. The zero-order valence-corrected chi connectivity index (χ0v) is 9.34. The van der Waals surface area contributed by atoms with Crippen LogP contribution in [0.3, 0.4) is 0 Å². The van der Waals surface area contributed by atoms with Gasteiger partial charge in [0, 0.05) is 4.47 Å². The van der Waals surface area contributed by atoms with E-state index in [1.54, 1.807) is 0 Å². The van der Waals surface area contributed by atoms with Gasteiger partial charge in [-0.2, -0.15) is 0 Å². The van der Waals surface area contributed by atoms with Crippen molar-refractivity contribution < 1.29 is 0 Å². The fraction of sp³-hybridized carbons (Fsp3) is 0.273. The van der Waals surface area contributed by atoms with E-state index < -0.39 is 0 Å². The Morgan fingerprint density at radius 3 is 2.85 bits per heavy atom. The maximum Gasteiger partial charge on any atom is 0.0247 e. The highest BCUT2D eigenvalue weighted by Crippen LogP contribution is 2.17. The molecule has 0 spiro atoms. The number of hydrogen-bond donors (Lipinski definition) is 1. The van der Waals surface area contributed by atoms with E-state index in [4.69, 9.17) is 0 Å². The van der Waals surface area contributed by atoms with Gasteiger partial charge in [-0.15, -0.1) is 0 Å². The fourth-order valence-electron chi connectivity index (χ4n) is 1.05.